The van der Waals surface area contributed by atoms with Gasteiger partial charge in [-0.1, -0.05) is 0 Å². The first-order chi connectivity index (χ1) is 5.13. The average molecular weight is 156 g/mol. The van der Waals surface area contributed by atoms with Crippen molar-refractivity contribution in [2.45, 2.75) is 38.4 Å². The summed E-state index contributed by atoms with van der Waals surface area (Å²) in [5.41, 5.74) is -0.594. The van der Waals surface area contributed by atoms with E-state index in [4.69, 9.17) is 9.84 Å². The van der Waals surface area contributed by atoms with Gasteiger partial charge in [-0.3, -0.25) is 4.79 Å². The van der Waals surface area contributed by atoms with Crippen molar-refractivity contribution in [3.63, 3.8) is 0 Å². The Hall–Kier alpha value is -0.570. The first-order valence-electron chi connectivity index (χ1n) is 4.02. The van der Waals surface area contributed by atoms with Gasteiger partial charge in [0.1, 0.15) is 0 Å². The molecule has 0 spiro atoms. The van der Waals surface area contributed by atoms with E-state index in [-0.39, 0.29) is 12.2 Å². The Morgan fingerprint density at radius 3 is 2.64 bits per heavy atom. The van der Waals surface area contributed by atoms with Gasteiger partial charge < -0.3 is 9.84 Å². The van der Waals surface area contributed by atoms with Crippen molar-refractivity contribution in [1.29, 1.82) is 0 Å². The molecule has 0 aromatic rings. The topological polar surface area (TPSA) is 46.5 Å². The number of rotatable bonds is 1. The molecule has 0 radical (unpaired) electrons. The van der Waals surface area contributed by atoms with E-state index in [9.17, 15) is 4.79 Å². The maximum Gasteiger partial charge on any atom is 0.312 e. The zero-order valence-corrected chi connectivity index (χ0v) is 6.54. The minimum atomic E-state index is -0.704. The summed E-state index contributed by atoms with van der Waals surface area (Å²) in [6, 6.07) is 0. The van der Waals surface area contributed by atoms with E-state index in [0.29, 0.717) is 6.42 Å². The third-order valence-corrected chi connectivity index (χ3v) is 2.96. The summed E-state index contributed by atoms with van der Waals surface area (Å²) in [5.74, 6) is -0.704. The summed E-state index contributed by atoms with van der Waals surface area (Å²) >= 11 is 0. The molecule has 2 fully saturated rings. The van der Waals surface area contributed by atoms with Gasteiger partial charge in [-0.25, -0.2) is 0 Å². The van der Waals surface area contributed by atoms with Crippen LogP contribution in [0.4, 0.5) is 0 Å². The fourth-order valence-corrected chi connectivity index (χ4v) is 2.15. The van der Waals surface area contributed by atoms with Crippen LogP contribution in [0, 0.1) is 5.41 Å². The molecular weight excluding hydrogens is 144 g/mol. The predicted molar refractivity (Wildman–Crippen MR) is 38.3 cm³/mol. The average Bonchev–Trinajstić information content (AvgIpc) is 2.45. The molecule has 2 bridgehead atoms. The molecule has 2 aliphatic heterocycles. The Labute approximate surface area is 65.4 Å². The quantitative estimate of drug-likeness (QED) is 0.616. The van der Waals surface area contributed by atoms with Crippen LogP contribution >= 0.6 is 0 Å². The van der Waals surface area contributed by atoms with Gasteiger partial charge in [-0.2, -0.15) is 0 Å². The summed E-state index contributed by atoms with van der Waals surface area (Å²) in [6.45, 7) is 1.79. The summed E-state index contributed by atoms with van der Waals surface area (Å²) in [7, 11) is 0. The monoisotopic (exact) mass is 156 g/mol. The Balaban J connectivity index is 2.23. The molecule has 1 N–H and O–H groups in total. The molecule has 3 nitrogen and oxygen atoms in total. The van der Waals surface area contributed by atoms with Crippen LogP contribution in [0.15, 0.2) is 0 Å². The molecule has 0 aromatic carbocycles. The predicted octanol–water partition coefficient (Wildman–Crippen LogP) is 1.03. The Morgan fingerprint density at radius 1 is 1.64 bits per heavy atom. The molecule has 0 amide bonds. The molecule has 2 rings (SSSR count). The van der Waals surface area contributed by atoms with Gasteiger partial charge in [-0.05, 0) is 26.2 Å². The van der Waals surface area contributed by atoms with E-state index in [1.54, 1.807) is 6.92 Å². The van der Waals surface area contributed by atoms with E-state index < -0.39 is 11.4 Å². The number of ether oxygens (including phenoxy) is 1. The SMILES string of the molecule is C[C@@]1(C(=O)O)C[C@H]2CC[C@@H]1O2. The number of carboxylic acids is 1. The molecular formula is C8H12O3. The summed E-state index contributed by atoms with van der Waals surface area (Å²) in [5, 5.41) is 8.91. The molecule has 2 heterocycles. The lowest BCUT2D eigenvalue weighted by Crippen LogP contribution is -2.37. The summed E-state index contributed by atoms with van der Waals surface area (Å²) in [4.78, 5) is 10.8. The van der Waals surface area contributed by atoms with Crippen LogP contribution in [-0.4, -0.2) is 23.3 Å². The zero-order chi connectivity index (χ0) is 8.06. The van der Waals surface area contributed by atoms with E-state index in [2.05, 4.69) is 0 Å². The molecule has 2 aliphatic rings. The first-order valence-corrected chi connectivity index (χ1v) is 4.02. The number of carbonyl (C=O) groups is 1. The van der Waals surface area contributed by atoms with E-state index in [0.717, 1.165) is 12.8 Å². The van der Waals surface area contributed by atoms with Crippen LogP contribution in [0.1, 0.15) is 26.2 Å². The highest BCUT2D eigenvalue weighted by Crippen LogP contribution is 2.47. The van der Waals surface area contributed by atoms with Crippen LogP contribution in [0.25, 0.3) is 0 Å². The number of aliphatic carboxylic acids is 1. The number of fused-ring (bicyclic) bond motifs is 2. The van der Waals surface area contributed by atoms with E-state index >= 15 is 0 Å². The molecule has 0 aliphatic carbocycles. The molecule has 3 atom stereocenters. The number of hydrogen-bond acceptors (Lipinski definition) is 2. The molecule has 62 valence electrons. The highest BCUT2D eigenvalue weighted by atomic mass is 16.5. The second kappa shape index (κ2) is 1.97. The lowest BCUT2D eigenvalue weighted by atomic mass is 9.76. The number of carboxylic acid groups (broad SMARTS) is 1. The van der Waals surface area contributed by atoms with Gasteiger partial charge in [-0.15, -0.1) is 0 Å². The third-order valence-electron chi connectivity index (χ3n) is 2.96. The van der Waals surface area contributed by atoms with Crippen LogP contribution in [-0.2, 0) is 9.53 Å². The van der Waals surface area contributed by atoms with Crippen LogP contribution < -0.4 is 0 Å². The normalized spacial score (nSPS) is 48.1. The van der Waals surface area contributed by atoms with Crippen molar-refractivity contribution in [1.82, 2.24) is 0 Å². The van der Waals surface area contributed by atoms with E-state index in [1.165, 1.54) is 0 Å². The molecule has 0 saturated carbocycles. The van der Waals surface area contributed by atoms with Gasteiger partial charge in [0.2, 0.25) is 0 Å². The fraction of sp³-hybridized carbons (Fsp3) is 0.875. The van der Waals surface area contributed by atoms with Crippen molar-refractivity contribution in [3.05, 3.63) is 0 Å². The van der Waals surface area contributed by atoms with Crippen LogP contribution in [0.5, 0.6) is 0 Å². The highest BCUT2D eigenvalue weighted by molar-refractivity contribution is 5.75. The molecule has 3 heteroatoms. The molecule has 11 heavy (non-hydrogen) atoms. The Bertz CT molecular complexity index is 202. The fourth-order valence-electron chi connectivity index (χ4n) is 2.15. The molecule has 0 unspecified atom stereocenters. The maximum absolute atomic E-state index is 10.8. The largest absolute Gasteiger partial charge is 0.481 e. The lowest BCUT2D eigenvalue weighted by molar-refractivity contribution is -0.150. The summed E-state index contributed by atoms with van der Waals surface area (Å²) in [6.07, 6.45) is 2.87. The second-order valence-corrected chi connectivity index (χ2v) is 3.75. The van der Waals surface area contributed by atoms with Crippen LogP contribution in [0.3, 0.4) is 0 Å². The highest BCUT2D eigenvalue weighted by Gasteiger charge is 2.54. The van der Waals surface area contributed by atoms with Gasteiger partial charge in [0, 0.05) is 0 Å². The van der Waals surface area contributed by atoms with Gasteiger partial charge in [0.25, 0.3) is 0 Å². The van der Waals surface area contributed by atoms with Crippen molar-refractivity contribution in [3.8, 4) is 0 Å². The lowest BCUT2D eigenvalue weighted by Gasteiger charge is -2.25. The van der Waals surface area contributed by atoms with Crippen molar-refractivity contribution in [2.24, 2.45) is 5.41 Å². The van der Waals surface area contributed by atoms with Crippen molar-refractivity contribution >= 4 is 5.97 Å². The first kappa shape index (κ1) is 7.10. The summed E-state index contributed by atoms with van der Waals surface area (Å²) < 4.78 is 5.47. The standard InChI is InChI=1S/C8H12O3/c1-8(7(9)10)4-5-2-3-6(8)11-5/h5-6H,2-4H2,1H3,(H,9,10)/t5-,6+,8-/m1/s1. The van der Waals surface area contributed by atoms with Gasteiger partial charge in [0.15, 0.2) is 0 Å². The van der Waals surface area contributed by atoms with Crippen LogP contribution in [0.2, 0.25) is 0 Å². The smallest absolute Gasteiger partial charge is 0.312 e. The Morgan fingerprint density at radius 2 is 2.36 bits per heavy atom. The van der Waals surface area contributed by atoms with Gasteiger partial charge >= 0.3 is 5.97 Å². The minimum absolute atomic E-state index is 0.0231. The zero-order valence-electron chi connectivity index (χ0n) is 6.54. The second-order valence-electron chi connectivity index (χ2n) is 3.75. The van der Waals surface area contributed by atoms with Crippen molar-refractivity contribution in [2.75, 3.05) is 0 Å². The number of hydrogen-bond donors (Lipinski definition) is 1. The third kappa shape index (κ3) is 0.805. The minimum Gasteiger partial charge on any atom is -0.481 e. The molecule has 0 aromatic heterocycles. The van der Waals surface area contributed by atoms with E-state index in [1.807, 2.05) is 0 Å². The van der Waals surface area contributed by atoms with Crippen molar-refractivity contribution < 1.29 is 14.6 Å². The molecule has 2 saturated heterocycles. The Kier molecular flexibility index (Phi) is 1.27. The maximum atomic E-state index is 10.8. The van der Waals surface area contributed by atoms with Gasteiger partial charge in [0.05, 0.1) is 17.6 Å².